The summed E-state index contributed by atoms with van der Waals surface area (Å²) in [6.45, 7) is 1.94. The van der Waals surface area contributed by atoms with Crippen LogP contribution < -0.4 is 11.3 Å². The van der Waals surface area contributed by atoms with Gasteiger partial charge in [0.2, 0.25) is 0 Å². The molecule has 0 radical (unpaired) electrons. The summed E-state index contributed by atoms with van der Waals surface area (Å²) in [6.07, 6.45) is 0.725. The van der Waals surface area contributed by atoms with Gasteiger partial charge in [0.1, 0.15) is 29.2 Å². The summed E-state index contributed by atoms with van der Waals surface area (Å²) in [4.78, 5) is 0. The number of hydrogen-bond donors (Lipinski definition) is 2. The molecule has 3 N–H and O–H groups in total. The maximum absolute atomic E-state index is 13.7. The van der Waals surface area contributed by atoms with Crippen LogP contribution in [0.15, 0.2) is 34.7 Å². The lowest BCUT2D eigenvalue weighted by molar-refractivity contribution is 0.417. The number of halogens is 2. The highest BCUT2D eigenvalue weighted by molar-refractivity contribution is 5.29. The molecule has 0 saturated carbocycles. The third kappa shape index (κ3) is 2.42. The molecule has 0 aliphatic rings. The van der Waals surface area contributed by atoms with E-state index in [1.54, 1.807) is 12.1 Å². The first kappa shape index (κ1) is 12.7. The van der Waals surface area contributed by atoms with E-state index >= 15 is 0 Å². The summed E-state index contributed by atoms with van der Waals surface area (Å²) in [7, 11) is 0. The van der Waals surface area contributed by atoms with Crippen molar-refractivity contribution >= 4 is 0 Å². The van der Waals surface area contributed by atoms with E-state index in [1.807, 2.05) is 6.92 Å². The molecule has 5 heteroatoms. The summed E-state index contributed by atoms with van der Waals surface area (Å²) >= 11 is 0. The van der Waals surface area contributed by atoms with Crippen molar-refractivity contribution in [1.29, 1.82) is 0 Å². The molecule has 18 heavy (non-hydrogen) atoms. The second-order valence-corrected chi connectivity index (χ2v) is 3.92. The molecule has 0 bridgehead atoms. The largest absolute Gasteiger partial charge is 0.464 e. The van der Waals surface area contributed by atoms with Crippen LogP contribution in [0.1, 0.15) is 30.0 Å². The zero-order valence-corrected chi connectivity index (χ0v) is 9.91. The van der Waals surface area contributed by atoms with Crippen molar-refractivity contribution < 1.29 is 13.2 Å². The Balaban J connectivity index is 2.41. The van der Waals surface area contributed by atoms with Crippen molar-refractivity contribution in [2.75, 3.05) is 0 Å². The standard InChI is InChI=1S/C13H14F2N2O/c1-2-9-4-6-12(18-9)13(17-16)10-7-8(14)3-5-11(10)15/h3-7,13,17H,2,16H2,1H3. The molecule has 1 aromatic carbocycles. The van der Waals surface area contributed by atoms with Crippen molar-refractivity contribution in [3.05, 3.63) is 59.1 Å². The molecule has 1 unspecified atom stereocenters. The molecule has 2 aromatic rings. The fourth-order valence-electron chi connectivity index (χ4n) is 1.80. The molecule has 1 atom stereocenters. The highest BCUT2D eigenvalue weighted by Crippen LogP contribution is 2.26. The summed E-state index contributed by atoms with van der Waals surface area (Å²) in [6, 6.07) is 6.02. The van der Waals surface area contributed by atoms with Gasteiger partial charge in [0.15, 0.2) is 0 Å². The zero-order chi connectivity index (χ0) is 13.1. The van der Waals surface area contributed by atoms with E-state index in [1.165, 1.54) is 0 Å². The Morgan fingerprint density at radius 1 is 1.28 bits per heavy atom. The fraction of sp³-hybridized carbons (Fsp3) is 0.231. The molecule has 1 aromatic heterocycles. The van der Waals surface area contributed by atoms with Crippen LogP contribution in [0.25, 0.3) is 0 Å². The Bertz CT molecular complexity index is 540. The zero-order valence-electron chi connectivity index (χ0n) is 9.91. The Morgan fingerprint density at radius 3 is 2.67 bits per heavy atom. The summed E-state index contributed by atoms with van der Waals surface area (Å²) in [5.74, 6) is 5.58. The summed E-state index contributed by atoms with van der Waals surface area (Å²) < 4.78 is 32.3. The number of nitrogens with two attached hydrogens (primary N) is 1. The molecule has 96 valence electrons. The molecular formula is C13H14F2N2O. The van der Waals surface area contributed by atoms with Gasteiger partial charge in [0.25, 0.3) is 0 Å². The number of hydrogen-bond acceptors (Lipinski definition) is 3. The third-order valence-corrected chi connectivity index (χ3v) is 2.75. The lowest BCUT2D eigenvalue weighted by atomic mass is 10.0. The van der Waals surface area contributed by atoms with E-state index in [9.17, 15) is 8.78 Å². The maximum atomic E-state index is 13.7. The first-order chi connectivity index (χ1) is 8.65. The Labute approximate surface area is 104 Å². The smallest absolute Gasteiger partial charge is 0.128 e. The van der Waals surface area contributed by atoms with E-state index in [0.29, 0.717) is 5.76 Å². The number of hydrazine groups is 1. The predicted molar refractivity (Wildman–Crippen MR) is 63.6 cm³/mol. The van der Waals surface area contributed by atoms with Gasteiger partial charge in [0.05, 0.1) is 0 Å². The maximum Gasteiger partial charge on any atom is 0.128 e. The molecule has 1 heterocycles. The number of rotatable bonds is 4. The van der Waals surface area contributed by atoms with Crippen molar-refractivity contribution in [2.24, 2.45) is 5.84 Å². The van der Waals surface area contributed by atoms with Gasteiger partial charge in [-0.05, 0) is 30.3 Å². The van der Waals surface area contributed by atoms with E-state index < -0.39 is 17.7 Å². The SMILES string of the molecule is CCc1ccc(C(NN)c2cc(F)ccc2F)o1. The van der Waals surface area contributed by atoms with Crippen molar-refractivity contribution in [2.45, 2.75) is 19.4 Å². The van der Waals surface area contributed by atoms with Crippen LogP contribution in [0.3, 0.4) is 0 Å². The van der Waals surface area contributed by atoms with Gasteiger partial charge in [-0.25, -0.2) is 14.2 Å². The lowest BCUT2D eigenvalue weighted by Crippen LogP contribution is -2.29. The van der Waals surface area contributed by atoms with Gasteiger partial charge >= 0.3 is 0 Å². The van der Waals surface area contributed by atoms with Crippen LogP contribution in [-0.2, 0) is 6.42 Å². The topological polar surface area (TPSA) is 51.2 Å². The molecule has 2 rings (SSSR count). The Hall–Kier alpha value is -1.72. The Morgan fingerprint density at radius 2 is 2.06 bits per heavy atom. The lowest BCUT2D eigenvalue weighted by Gasteiger charge is -2.14. The normalized spacial score (nSPS) is 12.7. The van der Waals surface area contributed by atoms with Crippen molar-refractivity contribution in [3.8, 4) is 0 Å². The highest BCUT2D eigenvalue weighted by Gasteiger charge is 2.20. The minimum Gasteiger partial charge on any atom is -0.464 e. The summed E-state index contributed by atoms with van der Waals surface area (Å²) in [5, 5.41) is 0. The summed E-state index contributed by atoms with van der Waals surface area (Å²) in [5.41, 5.74) is 2.56. The minimum atomic E-state index is -0.707. The van der Waals surface area contributed by atoms with Crippen LogP contribution >= 0.6 is 0 Å². The first-order valence-electron chi connectivity index (χ1n) is 5.65. The second-order valence-electron chi connectivity index (χ2n) is 3.92. The monoisotopic (exact) mass is 252 g/mol. The molecule has 0 aliphatic heterocycles. The molecule has 0 saturated heterocycles. The van der Waals surface area contributed by atoms with E-state index in [0.717, 1.165) is 30.4 Å². The minimum absolute atomic E-state index is 0.120. The van der Waals surface area contributed by atoms with Crippen LogP contribution in [0, 0.1) is 11.6 Å². The van der Waals surface area contributed by atoms with E-state index in [2.05, 4.69) is 5.43 Å². The quantitative estimate of drug-likeness (QED) is 0.649. The van der Waals surface area contributed by atoms with Gasteiger partial charge in [-0.1, -0.05) is 6.92 Å². The van der Waals surface area contributed by atoms with Crippen LogP contribution in [0.4, 0.5) is 8.78 Å². The highest BCUT2D eigenvalue weighted by atomic mass is 19.1. The van der Waals surface area contributed by atoms with Gasteiger partial charge in [0, 0.05) is 12.0 Å². The van der Waals surface area contributed by atoms with Crippen LogP contribution in [-0.4, -0.2) is 0 Å². The Kier molecular flexibility index (Phi) is 3.74. The average molecular weight is 252 g/mol. The van der Waals surface area contributed by atoms with E-state index in [4.69, 9.17) is 10.3 Å². The fourth-order valence-corrected chi connectivity index (χ4v) is 1.80. The van der Waals surface area contributed by atoms with Crippen molar-refractivity contribution in [3.63, 3.8) is 0 Å². The first-order valence-corrected chi connectivity index (χ1v) is 5.65. The molecule has 0 fully saturated rings. The van der Waals surface area contributed by atoms with Gasteiger partial charge in [-0.2, -0.15) is 0 Å². The molecule has 0 aliphatic carbocycles. The van der Waals surface area contributed by atoms with Gasteiger partial charge in [-0.15, -0.1) is 0 Å². The van der Waals surface area contributed by atoms with Gasteiger partial charge in [-0.3, -0.25) is 5.84 Å². The van der Waals surface area contributed by atoms with Crippen LogP contribution in [0.5, 0.6) is 0 Å². The van der Waals surface area contributed by atoms with Crippen LogP contribution in [0.2, 0.25) is 0 Å². The van der Waals surface area contributed by atoms with Crippen molar-refractivity contribution in [1.82, 2.24) is 5.43 Å². The number of aryl methyl sites for hydroxylation is 1. The molecular weight excluding hydrogens is 238 g/mol. The average Bonchev–Trinajstić information content (AvgIpc) is 2.83. The molecule has 3 nitrogen and oxygen atoms in total. The third-order valence-electron chi connectivity index (χ3n) is 2.75. The predicted octanol–water partition coefficient (Wildman–Crippen LogP) is 2.67. The number of furan rings is 1. The second kappa shape index (κ2) is 5.29. The number of nitrogens with one attached hydrogen (secondary N) is 1. The molecule has 0 spiro atoms. The number of benzene rings is 1. The van der Waals surface area contributed by atoms with Gasteiger partial charge < -0.3 is 4.42 Å². The van der Waals surface area contributed by atoms with E-state index in [-0.39, 0.29) is 5.56 Å². The molecule has 0 amide bonds.